The maximum atomic E-state index is 12.1. The standard InChI is InChI=1S/C14H19FO3/c1-12(16)14(2,18-9-8-15)11-17-10-13-6-4-3-5-7-13/h3-7H,8-11H2,1-2H3. The van der Waals surface area contributed by atoms with Gasteiger partial charge in [0.2, 0.25) is 0 Å². The third kappa shape index (κ3) is 4.55. The Balaban J connectivity index is 2.45. The van der Waals surface area contributed by atoms with Crippen molar-refractivity contribution in [3.8, 4) is 0 Å². The fraction of sp³-hybridized carbons (Fsp3) is 0.500. The molecular formula is C14H19FO3. The Hall–Kier alpha value is -1.26. The third-order valence-corrected chi connectivity index (χ3v) is 2.73. The van der Waals surface area contributed by atoms with Gasteiger partial charge in [0.1, 0.15) is 12.3 Å². The lowest BCUT2D eigenvalue weighted by Crippen LogP contribution is -2.42. The quantitative estimate of drug-likeness (QED) is 0.715. The maximum absolute atomic E-state index is 12.1. The molecule has 1 unspecified atom stereocenters. The van der Waals surface area contributed by atoms with Crippen LogP contribution in [0.15, 0.2) is 30.3 Å². The summed E-state index contributed by atoms with van der Waals surface area (Å²) in [5, 5.41) is 0. The summed E-state index contributed by atoms with van der Waals surface area (Å²) in [5.41, 5.74) is -0.0465. The van der Waals surface area contributed by atoms with E-state index >= 15 is 0 Å². The Morgan fingerprint density at radius 3 is 2.56 bits per heavy atom. The van der Waals surface area contributed by atoms with Crippen LogP contribution in [-0.4, -0.2) is 31.3 Å². The fourth-order valence-corrected chi connectivity index (χ4v) is 1.45. The van der Waals surface area contributed by atoms with Crippen molar-refractivity contribution in [2.75, 3.05) is 19.9 Å². The second-order valence-electron chi connectivity index (χ2n) is 4.30. The van der Waals surface area contributed by atoms with Crippen molar-refractivity contribution in [2.24, 2.45) is 0 Å². The first-order valence-corrected chi connectivity index (χ1v) is 5.91. The minimum atomic E-state index is -1.07. The van der Waals surface area contributed by atoms with Crippen LogP contribution >= 0.6 is 0 Å². The zero-order valence-electron chi connectivity index (χ0n) is 10.8. The second kappa shape index (κ2) is 7.24. The molecule has 0 heterocycles. The molecule has 4 heteroatoms. The summed E-state index contributed by atoms with van der Waals surface area (Å²) < 4.78 is 22.8. The maximum Gasteiger partial charge on any atom is 0.163 e. The molecule has 18 heavy (non-hydrogen) atoms. The highest BCUT2D eigenvalue weighted by atomic mass is 19.1. The van der Waals surface area contributed by atoms with Crippen molar-refractivity contribution in [3.05, 3.63) is 35.9 Å². The topological polar surface area (TPSA) is 35.5 Å². The van der Waals surface area contributed by atoms with E-state index in [-0.39, 0.29) is 19.0 Å². The molecule has 1 rings (SSSR count). The molecule has 0 aliphatic heterocycles. The van der Waals surface area contributed by atoms with Crippen LogP contribution in [0.1, 0.15) is 19.4 Å². The first-order chi connectivity index (χ1) is 8.58. The van der Waals surface area contributed by atoms with Crippen LogP contribution in [-0.2, 0) is 20.9 Å². The van der Waals surface area contributed by atoms with Gasteiger partial charge in [0.15, 0.2) is 5.78 Å². The van der Waals surface area contributed by atoms with E-state index in [4.69, 9.17) is 9.47 Å². The van der Waals surface area contributed by atoms with Crippen LogP contribution in [0.25, 0.3) is 0 Å². The first kappa shape index (κ1) is 14.8. The molecule has 0 aromatic heterocycles. The lowest BCUT2D eigenvalue weighted by Gasteiger charge is -2.26. The van der Waals surface area contributed by atoms with Crippen molar-refractivity contribution >= 4 is 5.78 Å². The number of ether oxygens (including phenoxy) is 2. The summed E-state index contributed by atoms with van der Waals surface area (Å²) in [6.07, 6.45) is 0. The molecule has 0 radical (unpaired) electrons. The van der Waals surface area contributed by atoms with E-state index < -0.39 is 12.3 Å². The number of carbonyl (C=O) groups is 1. The van der Waals surface area contributed by atoms with Gasteiger partial charge in [0.05, 0.1) is 19.8 Å². The normalized spacial score (nSPS) is 14.2. The highest BCUT2D eigenvalue weighted by Crippen LogP contribution is 2.14. The lowest BCUT2D eigenvalue weighted by molar-refractivity contribution is -0.150. The van der Waals surface area contributed by atoms with Gasteiger partial charge >= 0.3 is 0 Å². The van der Waals surface area contributed by atoms with Gasteiger partial charge in [-0.1, -0.05) is 30.3 Å². The second-order valence-corrected chi connectivity index (χ2v) is 4.30. The van der Waals surface area contributed by atoms with Crippen molar-refractivity contribution in [1.29, 1.82) is 0 Å². The molecule has 1 aromatic rings. The summed E-state index contributed by atoms with van der Waals surface area (Å²) in [4.78, 5) is 11.5. The minimum absolute atomic E-state index is 0.0925. The Morgan fingerprint density at radius 1 is 1.33 bits per heavy atom. The highest BCUT2D eigenvalue weighted by molar-refractivity contribution is 5.84. The Kier molecular flexibility index (Phi) is 5.95. The molecule has 0 saturated heterocycles. The monoisotopic (exact) mass is 254 g/mol. The predicted octanol–water partition coefficient (Wildman–Crippen LogP) is 2.54. The smallest absolute Gasteiger partial charge is 0.163 e. The number of ketones is 1. The number of carbonyl (C=O) groups excluding carboxylic acids is 1. The zero-order valence-corrected chi connectivity index (χ0v) is 10.8. The molecule has 0 spiro atoms. The molecule has 0 bridgehead atoms. The molecular weight excluding hydrogens is 235 g/mol. The number of hydrogen-bond acceptors (Lipinski definition) is 3. The number of halogens is 1. The summed E-state index contributed by atoms with van der Waals surface area (Å²) in [6, 6.07) is 9.64. The van der Waals surface area contributed by atoms with Crippen LogP contribution in [0.3, 0.4) is 0 Å². The van der Waals surface area contributed by atoms with Gasteiger partial charge in [-0.2, -0.15) is 0 Å². The Morgan fingerprint density at radius 2 is 2.00 bits per heavy atom. The Labute approximate surface area is 107 Å². The van der Waals surface area contributed by atoms with Crippen molar-refractivity contribution in [3.63, 3.8) is 0 Å². The number of hydrogen-bond donors (Lipinski definition) is 0. The molecule has 1 atom stereocenters. The summed E-state index contributed by atoms with van der Waals surface area (Å²) in [5.74, 6) is -0.163. The molecule has 0 amide bonds. The van der Waals surface area contributed by atoms with E-state index in [1.165, 1.54) is 6.92 Å². The number of benzene rings is 1. The van der Waals surface area contributed by atoms with Gasteiger partial charge in [0, 0.05) is 0 Å². The van der Waals surface area contributed by atoms with Gasteiger partial charge in [-0.25, -0.2) is 4.39 Å². The number of alkyl halides is 1. The van der Waals surface area contributed by atoms with Gasteiger partial charge in [0.25, 0.3) is 0 Å². The lowest BCUT2D eigenvalue weighted by atomic mass is 10.0. The molecule has 1 aromatic carbocycles. The van der Waals surface area contributed by atoms with Crippen LogP contribution < -0.4 is 0 Å². The molecule has 0 N–H and O–H groups in total. The van der Waals surface area contributed by atoms with Gasteiger partial charge in [-0.05, 0) is 19.4 Å². The van der Waals surface area contributed by atoms with E-state index in [1.807, 2.05) is 30.3 Å². The van der Waals surface area contributed by atoms with Gasteiger partial charge in [-0.15, -0.1) is 0 Å². The van der Waals surface area contributed by atoms with Crippen molar-refractivity contribution < 1.29 is 18.7 Å². The van der Waals surface area contributed by atoms with Crippen molar-refractivity contribution in [1.82, 2.24) is 0 Å². The highest BCUT2D eigenvalue weighted by Gasteiger charge is 2.31. The van der Waals surface area contributed by atoms with E-state index in [0.717, 1.165) is 5.56 Å². The SMILES string of the molecule is CC(=O)C(C)(COCc1ccccc1)OCCF. The van der Waals surface area contributed by atoms with Crippen LogP contribution in [0.5, 0.6) is 0 Å². The van der Waals surface area contributed by atoms with Gasteiger partial charge < -0.3 is 9.47 Å². The van der Waals surface area contributed by atoms with E-state index in [1.54, 1.807) is 6.92 Å². The van der Waals surface area contributed by atoms with Gasteiger partial charge in [-0.3, -0.25) is 4.79 Å². The average molecular weight is 254 g/mol. The van der Waals surface area contributed by atoms with Crippen molar-refractivity contribution in [2.45, 2.75) is 26.1 Å². The number of rotatable bonds is 8. The number of Topliss-reactive ketones (excluding diaryl/α,β-unsaturated/α-hetero) is 1. The van der Waals surface area contributed by atoms with E-state index in [2.05, 4.69) is 0 Å². The summed E-state index contributed by atoms with van der Waals surface area (Å²) in [6.45, 7) is 2.87. The molecule has 3 nitrogen and oxygen atoms in total. The molecule has 0 aliphatic rings. The Bertz CT molecular complexity index is 367. The predicted molar refractivity (Wildman–Crippen MR) is 67.1 cm³/mol. The molecule has 0 saturated carbocycles. The molecule has 0 aliphatic carbocycles. The van der Waals surface area contributed by atoms with Crippen LogP contribution in [0.4, 0.5) is 4.39 Å². The van der Waals surface area contributed by atoms with E-state index in [0.29, 0.717) is 6.61 Å². The largest absolute Gasteiger partial charge is 0.373 e. The summed E-state index contributed by atoms with van der Waals surface area (Å²) >= 11 is 0. The molecule has 0 fully saturated rings. The van der Waals surface area contributed by atoms with E-state index in [9.17, 15) is 9.18 Å². The fourth-order valence-electron chi connectivity index (χ4n) is 1.45. The summed E-state index contributed by atoms with van der Waals surface area (Å²) in [7, 11) is 0. The molecule has 100 valence electrons. The average Bonchev–Trinajstić information content (AvgIpc) is 2.37. The zero-order chi connectivity index (χ0) is 13.4. The minimum Gasteiger partial charge on any atom is -0.373 e. The third-order valence-electron chi connectivity index (χ3n) is 2.73. The van der Waals surface area contributed by atoms with Crippen LogP contribution in [0, 0.1) is 0 Å². The van der Waals surface area contributed by atoms with Crippen LogP contribution in [0.2, 0.25) is 0 Å². The first-order valence-electron chi connectivity index (χ1n) is 5.91.